The maximum atomic E-state index is 11.9. The molecule has 116 valence electrons. The molecule has 0 spiro atoms. The average molecular weight is 302 g/mol. The summed E-state index contributed by atoms with van der Waals surface area (Å²) in [6.07, 6.45) is 1.79. The second-order valence-electron chi connectivity index (χ2n) is 5.54. The van der Waals surface area contributed by atoms with Gasteiger partial charge >= 0.3 is 5.97 Å². The van der Waals surface area contributed by atoms with E-state index in [4.69, 9.17) is 5.11 Å². The van der Waals surface area contributed by atoms with Crippen LogP contribution in [-0.2, 0) is 4.79 Å². The van der Waals surface area contributed by atoms with Crippen molar-refractivity contribution >= 4 is 11.9 Å². The summed E-state index contributed by atoms with van der Waals surface area (Å²) >= 11 is 0. The minimum atomic E-state index is -0.895. The lowest BCUT2D eigenvalue weighted by atomic mass is 9.90. The summed E-state index contributed by atoms with van der Waals surface area (Å²) in [5.41, 5.74) is -0.0783. The Morgan fingerprint density at radius 1 is 1.27 bits per heavy atom. The number of carbonyl (C=O) groups is 2. The van der Waals surface area contributed by atoms with Crippen molar-refractivity contribution in [3.8, 4) is 5.69 Å². The van der Waals surface area contributed by atoms with Crippen LogP contribution in [0.3, 0.4) is 0 Å². The Morgan fingerprint density at radius 2 is 1.95 bits per heavy atom. The lowest BCUT2D eigenvalue weighted by Gasteiger charge is -2.18. The van der Waals surface area contributed by atoms with Crippen LogP contribution in [0.2, 0.25) is 0 Å². The molecule has 22 heavy (non-hydrogen) atoms. The molecule has 1 heterocycles. The molecule has 1 amide bonds. The molecule has 2 N–H and O–H groups in total. The van der Waals surface area contributed by atoms with Gasteiger partial charge in [0, 0.05) is 6.54 Å². The molecule has 2 aromatic rings. The molecule has 1 aromatic heterocycles. The molecule has 0 bridgehead atoms. The zero-order chi connectivity index (χ0) is 16.2. The molecule has 0 aliphatic heterocycles. The van der Waals surface area contributed by atoms with Crippen LogP contribution < -0.4 is 5.32 Å². The maximum Gasteiger partial charge on any atom is 0.309 e. The number of carboxylic acids is 1. The van der Waals surface area contributed by atoms with Crippen molar-refractivity contribution < 1.29 is 14.7 Å². The van der Waals surface area contributed by atoms with E-state index in [0.29, 0.717) is 6.42 Å². The standard InChI is InChI=1S/C15H18N4O3/c1-15(2,14(21)22)8-9-16-13(20)12-17-10-19(18-12)11-6-4-3-5-7-11/h3-7,10H,8-9H2,1-2H3,(H,16,20)(H,21,22). The molecule has 7 nitrogen and oxygen atoms in total. The first kappa shape index (κ1) is 15.7. The van der Waals surface area contributed by atoms with Crippen molar-refractivity contribution in [1.82, 2.24) is 20.1 Å². The number of benzene rings is 1. The van der Waals surface area contributed by atoms with Crippen molar-refractivity contribution in [1.29, 1.82) is 0 Å². The van der Waals surface area contributed by atoms with Gasteiger partial charge in [-0.05, 0) is 32.4 Å². The Labute approximate surface area is 128 Å². The smallest absolute Gasteiger partial charge is 0.309 e. The average Bonchev–Trinajstić information content (AvgIpc) is 2.97. The molecule has 1 aromatic carbocycles. The fourth-order valence-corrected chi connectivity index (χ4v) is 1.75. The Hall–Kier alpha value is -2.70. The lowest BCUT2D eigenvalue weighted by molar-refractivity contribution is -0.147. The Bertz CT molecular complexity index is 664. The molecule has 0 saturated carbocycles. The Kier molecular flexibility index (Phi) is 4.55. The number of carbonyl (C=O) groups excluding carboxylic acids is 1. The lowest BCUT2D eigenvalue weighted by Crippen LogP contribution is -2.32. The van der Waals surface area contributed by atoms with Gasteiger partial charge in [-0.3, -0.25) is 9.59 Å². The summed E-state index contributed by atoms with van der Waals surface area (Å²) in [6.45, 7) is 3.48. The number of para-hydroxylation sites is 1. The second-order valence-corrected chi connectivity index (χ2v) is 5.54. The molecular weight excluding hydrogens is 284 g/mol. The highest BCUT2D eigenvalue weighted by molar-refractivity contribution is 5.90. The zero-order valence-corrected chi connectivity index (χ0v) is 12.5. The van der Waals surface area contributed by atoms with Crippen LogP contribution in [-0.4, -0.2) is 38.3 Å². The Balaban J connectivity index is 1.94. The summed E-state index contributed by atoms with van der Waals surface area (Å²) in [6, 6.07) is 9.32. The van der Waals surface area contributed by atoms with Crippen LogP contribution in [0.4, 0.5) is 0 Å². The van der Waals surface area contributed by atoms with Gasteiger partial charge in [0.2, 0.25) is 5.82 Å². The summed E-state index contributed by atoms with van der Waals surface area (Å²) in [7, 11) is 0. The SMILES string of the molecule is CC(C)(CCNC(=O)c1ncn(-c2ccccc2)n1)C(=O)O. The van der Waals surface area contributed by atoms with E-state index >= 15 is 0 Å². The number of hydrogen-bond acceptors (Lipinski definition) is 4. The molecule has 0 unspecified atom stereocenters. The van der Waals surface area contributed by atoms with Crippen molar-refractivity contribution in [2.45, 2.75) is 20.3 Å². The number of carboxylic acid groups (broad SMARTS) is 1. The summed E-state index contributed by atoms with van der Waals surface area (Å²) in [4.78, 5) is 26.9. The fraction of sp³-hybridized carbons (Fsp3) is 0.333. The zero-order valence-electron chi connectivity index (χ0n) is 12.5. The van der Waals surface area contributed by atoms with Gasteiger partial charge in [-0.15, -0.1) is 5.10 Å². The van der Waals surface area contributed by atoms with Gasteiger partial charge in [0.25, 0.3) is 5.91 Å². The second kappa shape index (κ2) is 6.38. The van der Waals surface area contributed by atoms with Gasteiger partial charge in [0.15, 0.2) is 0 Å². The van der Waals surface area contributed by atoms with E-state index in [1.165, 1.54) is 11.0 Å². The molecule has 0 aliphatic rings. The predicted molar refractivity (Wildman–Crippen MR) is 79.7 cm³/mol. The number of nitrogens with zero attached hydrogens (tertiary/aromatic N) is 3. The van der Waals surface area contributed by atoms with Crippen molar-refractivity contribution in [2.75, 3.05) is 6.54 Å². The molecule has 0 saturated heterocycles. The monoisotopic (exact) mass is 302 g/mol. The molecule has 7 heteroatoms. The quantitative estimate of drug-likeness (QED) is 0.842. The third-order valence-electron chi connectivity index (χ3n) is 3.33. The highest BCUT2D eigenvalue weighted by atomic mass is 16.4. The van der Waals surface area contributed by atoms with Gasteiger partial charge in [-0.25, -0.2) is 9.67 Å². The van der Waals surface area contributed by atoms with Crippen molar-refractivity contribution in [3.63, 3.8) is 0 Å². The first-order valence-corrected chi connectivity index (χ1v) is 6.89. The third-order valence-corrected chi connectivity index (χ3v) is 3.33. The van der Waals surface area contributed by atoms with Crippen LogP contribution >= 0.6 is 0 Å². The molecule has 0 aliphatic carbocycles. The number of aromatic nitrogens is 3. The molecule has 2 rings (SSSR count). The van der Waals surface area contributed by atoms with Crippen molar-refractivity contribution in [2.24, 2.45) is 5.41 Å². The van der Waals surface area contributed by atoms with Gasteiger partial charge in [-0.2, -0.15) is 0 Å². The number of aliphatic carboxylic acids is 1. The van der Waals surface area contributed by atoms with Crippen LogP contribution in [0, 0.1) is 5.41 Å². The fourth-order valence-electron chi connectivity index (χ4n) is 1.75. The topological polar surface area (TPSA) is 97.1 Å². The van der Waals surface area contributed by atoms with E-state index in [2.05, 4.69) is 15.4 Å². The number of hydrogen-bond donors (Lipinski definition) is 2. The Morgan fingerprint density at radius 3 is 2.59 bits per heavy atom. The van der Waals surface area contributed by atoms with Crippen LogP contribution in [0.1, 0.15) is 30.9 Å². The van der Waals surface area contributed by atoms with Gasteiger partial charge in [0.05, 0.1) is 11.1 Å². The van der Waals surface area contributed by atoms with Gasteiger partial charge in [0.1, 0.15) is 6.33 Å². The normalized spacial score (nSPS) is 11.2. The van der Waals surface area contributed by atoms with Crippen LogP contribution in [0.5, 0.6) is 0 Å². The van der Waals surface area contributed by atoms with Crippen LogP contribution in [0.15, 0.2) is 36.7 Å². The number of rotatable bonds is 6. The summed E-state index contributed by atoms with van der Waals surface area (Å²) in [5.74, 6) is -1.26. The minimum absolute atomic E-state index is 0.0528. The highest BCUT2D eigenvalue weighted by Gasteiger charge is 2.26. The maximum absolute atomic E-state index is 11.9. The van der Waals surface area contributed by atoms with Crippen molar-refractivity contribution in [3.05, 3.63) is 42.5 Å². The highest BCUT2D eigenvalue weighted by Crippen LogP contribution is 2.19. The van der Waals surface area contributed by atoms with Gasteiger partial charge < -0.3 is 10.4 Å². The number of amides is 1. The largest absolute Gasteiger partial charge is 0.481 e. The van der Waals surface area contributed by atoms with Gasteiger partial charge in [-0.1, -0.05) is 18.2 Å². The molecule has 0 atom stereocenters. The molecule has 0 fully saturated rings. The third kappa shape index (κ3) is 3.69. The molecular formula is C15H18N4O3. The van der Waals surface area contributed by atoms with E-state index in [1.807, 2.05) is 30.3 Å². The first-order chi connectivity index (χ1) is 10.4. The number of nitrogens with one attached hydrogen (secondary N) is 1. The minimum Gasteiger partial charge on any atom is -0.481 e. The first-order valence-electron chi connectivity index (χ1n) is 6.89. The van der Waals surface area contributed by atoms with E-state index in [0.717, 1.165) is 5.69 Å². The van der Waals surface area contributed by atoms with E-state index in [-0.39, 0.29) is 12.4 Å². The summed E-state index contributed by atoms with van der Waals surface area (Å²) in [5, 5.41) is 15.8. The predicted octanol–water partition coefficient (Wildman–Crippen LogP) is 1.50. The van der Waals surface area contributed by atoms with E-state index in [1.54, 1.807) is 13.8 Å². The molecule has 0 radical (unpaired) electrons. The van der Waals surface area contributed by atoms with Crippen LogP contribution in [0.25, 0.3) is 5.69 Å². The van der Waals surface area contributed by atoms with E-state index in [9.17, 15) is 9.59 Å². The summed E-state index contributed by atoms with van der Waals surface area (Å²) < 4.78 is 1.51. The van der Waals surface area contributed by atoms with E-state index < -0.39 is 17.3 Å².